The standard InChI is InChI=1S/C20H16/c1-2-7-15-16(8-3-1)18-12-10-14-6-4-5-13-9-11-17(15)20(18)19(13)14/h1-8H,9-12H2. The van der Waals surface area contributed by atoms with Gasteiger partial charge in [0.1, 0.15) is 0 Å². The van der Waals surface area contributed by atoms with Crippen molar-refractivity contribution in [3.8, 4) is 22.3 Å². The van der Waals surface area contributed by atoms with Crippen LogP contribution in [0.1, 0.15) is 22.3 Å². The van der Waals surface area contributed by atoms with Crippen molar-refractivity contribution in [2.75, 3.05) is 0 Å². The van der Waals surface area contributed by atoms with Gasteiger partial charge in [0.2, 0.25) is 0 Å². The zero-order valence-corrected chi connectivity index (χ0v) is 11.4. The summed E-state index contributed by atoms with van der Waals surface area (Å²) in [5.41, 5.74) is 12.5. The van der Waals surface area contributed by atoms with Gasteiger partial charge < -0.3 is 0 Å². The molecule has 1 aromatic rings. The van der Waals surface area contributed by atoms with Crippen LogP contribution in [0.15, 0.2) is 48.5 Å². The lowest BCUT2D eigenvalue weighted by atomic mass is 9.78. The summed E-state index contributed by atoms with van der Waals surface area (Å²) >= 11 is 0. The van der Waals surface area contributed by atoms with E-state index in [9.17, 15) is 0 Å². The Morgan fingerprint density at radius 2 is 1.10 bits per heavy atom. The molecule has 0 spiro atoms. The van der Waals surface area contributed by atoms with Crippen LogP contribution in [0.25, 0.3) is 22.3 Å². The van der Waals surface area contributed by atoms with Gasteiger partial charge in [-0.2, -0.15) is 0 Å². The number of aryl methyl sites for hydroxylation is 2. The Hall–Kier alpha value is -2.08. The molecule has 0 bridgehead atoms. The van der Waals surface area contributed by atoms with E-state index in [1.165, 1.54) is 36.8 Å². The zero-order chi connectivity index (χ0) is 13.1. The van der Waals surface area contributed by atoms with Crippen molar-refractivity contribution in [1.82, 2.24) is 0 Å². The molecule has 0 heterocycles. The molecule has 96 valence electrons. The summed E-state index contributed by atoms with van der Waals surface area (Å²) in [7, 11) is 0. The summed E-state index contributed by atoms with van der Waals surface area (Å²) in [5, 5.41) is 0. The van der Waals surface area contributed by atoms with Crippen LogP contribution in [-0.4, -0.2) is 0 Å². The maximum Gasteiger partial charge on any atom is -0.0102 e. The van der Waals surface area contributed by atoms with Crippen molar-refractivity contribution < 1.29 is 0 Å². The molecule has 0 amide bonds. The molecule has 4 aliphatic carbocycles. The first-order valence-electron chi connectivity index (χ1n) is 7.57. The second kappa shape index (κ2) is 3.73. The van der Waals surface area contributed by atoms with Gasteiger partial charge in [0, 0.05) is 0 Å². The lowest BCUT2D eigenvalue weighted by molar-refractivity contribution is 0.895. The van der Waals surface area contributed by atoms with E-state index in [0.717, 1.165) is 0 Å². The number of rotatable bonds is 0. The van der Waals surface area contributed by atoms with E-state index in [2.05, 4.69) is 48.5 Å². The maximum atomic E-state index is 2.33. The average molecular weight is 256 g/mol. The highest BCUT2D eigenvalue weighted by Gasteiger charge is 2.31. The SMILES string of the molecule is c1ccc2c3c4c(c-2cc1)CCc1cccc(c1-4)CC3. The third-order valence-electron chi connectivity index (χ3n) is 5.07. The monoisotopic (exact) mass is 256 g/mol. The minimum atomic E-state index is 1.20. The predicted molar refractivity (Wildman–Crippen MR) is 83.3 cm³/mol. The third kappa shape index (κ3) is 1.22. The van der Waals surface area contributed by atoms with Gasteiger partial charge in [0.15, 0.2) is 0 Å². The van der Waals surface area contributed by atoms with E-state index < -0.39 is 0 Å². The van der Waals surface area contributed by atoms with E-state index in [1.54, 1.807) is 33.4 Å². The maximum absolute atomic E-state index is 2.33. The quantitative estimate of drug-likeness (QED) is 0.549. The Balaban J connectivity index is 1.97. The summed E-state index contributed by atoms with van der Waals surface area (Å²) in [6, 6.07) is 18.0. The highest BCUT2D eigenvalue weighted by molar-refractivity contribution is 5.93. The number of fused-ring (bicyclic) bond motifs is 3. The second-order valence-corrected chi connectivity index (χ2v) is 6.02. The normalized spacial score (nSPS) is 15.2. The van der Waals surface area contributed by atoms with Gasteiger partial charge in [0.25, 0.3) is 0 Å². The van der Waals surface area contributed by atoms with Gasteiger partial charge in [-0.05, 0) is 70.2 Å². The smallest absolute Gasteiger partial charge is 0.0102 e. The Labute approximate surface area is 119 Å². The Bertz CT molecular complexity index is 749. The molecule has 0 atom stereocenters. The number of hydrogen-bond acceptors (Lipinski definition) is 0. The topological polar surface area (TPSA) is 0 Å². The molecule has 0 heteroatoms. The van der Waals surface area contributed by atoms with Crippen molar-refractivity contribution in [2.45, 2.75) is 25.7 Å². The number of hydrogen-bond donors (Lipinski definition) is 0. The van der Waals surface area contributed by atoms with E-state index in [0.29, 0.717) is 0 Å². The fraction of sp³-hybridized carbons (Fsp3) is 0.200. The van der Waals surface area contributed by atoms with E-state index in [4.69, 9.17) is 0 Å². The van der Waals surface area contributed by atoms with Crippen LogP contribution in [0.2, 0.25) is 0 Å². The van der Waals surface area contributed by atoms with Crippen LogP contribution in [0.4, 0.5) is 0 Å². The summed E-state index contributed by atoms with van der Waals surface area (Å²) in [6.07, 6.45) is 4.80. The third-order valence-corrected chi connectivity index (χ3v) is 5.07. The molecule has 0 saturated heterocycles. The summed E-state index contributed by atoms with van der Waals surface area (Å²) in [6.45, 7) is 0. The van der Waals surface area contributed by atoms with Gasteiger partial charge >= 0.3 is 0 Å². The van der Waals surface area contributed by atoms with Crippen molar-refractivity contribution in [2.24, 2.45) is 0 Å². The molecule has 0 saturated carbocycles. The molecular weight excluding hydrogens is 240 g/mol. The molecule has 0 nitrogen and oxygen atoms in total. The molecular formula is C20H16. The minimum absolute atomic E-state index is 1.20. The van der Waals surface area contributed by atoms with Crippen molar-refractivity contribution in [3.63, 3.8) is 0 Å². The van der Waals surface area contributed by atoms with Crippen LogP contribution >= 0.6 is 0 Å². The molecule has 0 radical (unpaired) electrons. The van der Waals surface area contributed by atoms with E-state index in [-0.39, 0.29) is 0 Å². The Morgan fingerprint density at radius 3 is 1.70 bits per heavy atom. The molecule has 0 aliphatic heterocycles. The van der Waals surface area contributed by atoms with Gasteiger partial charge in [-0.3, -0.25) is 0 Å². The summed E-state index contributed by atoms with van der Waals surface area (Å²) < 4.78 is 0. The lowest BCUT2D eigenvalue weighted by Gasteiger charge is -2.25. The van der Waals surface area contributed by atoms with Crippen molar-refractivity contribution in [1.29, 1.82) is 0 Å². The van der Waals surface area contributed by atoms with Gasteiger partial charge in [-0.1, -0.05) is 48.5 Å². The first kappa shape index (κ1) is 10.7. The fourth-order valence-electron chi connectivity index (χ4n) is 4.26. The van der Waals surface area contributed by atoms with E-state index >= 15 is 0 Å². The van der Waals surface area contributed by atoms with Gasteiger partial charge in [-0.25, -0.2) is 0 Å². The highest BCUT2D eigenvalue weighted by atomic mass is 14.3. The minimum Gasteiger partial charge on any atom is -0.0622 e. The summed E-state index contributed by atoms with van der Waals surface area (Å²) in [5.74, 6) is 0. The van der Waals surface area contributed by atoms with Gasteiger partial charge in [-0.15, -0.1) is 0 Å². The van der Waals surface area contributed by atoms with Crippen molar-refractivity contribution in [3.05, 3.63) is 70.8 Å². The predicted octanol–water partition coefficient (Wildman–Crippen LogP) is 4.66. The molecule has 4 aliphatic rings. The molecule has 20 heavy (non-hydrogen) atoms. The van der Waals surface area contributed by atoms with Crippen LogP contribution in [-0.2, 0) is 25.7 Å². The first-order chi connectivity index (χ1) is 9.93. The van der Waals surface area contributed by atoms with Crippen LogP contribution < -0.4 is 0 Å². The highest BCUT2D eigenvalue weighted by Crippen LogP contribution is 2.50. The van der Waals surface area contributed by atoms with Crippen molar-refractivity contribution >= 4 is 0 Å². The molecule has 1 aromatic carbocycles. The summed E-state index contributed by atoms with van der Waals surface area (Å²) in [4.78, 5) is 0. The Kier molecular flexibility index (Phi) is 1.99. The lowest BCUT2D eigenvalue weighted by Crippen LogP contribution is -2.10. The second-order valence-electron chi connectivity index (χ2n) is 6.02. The number of benzene rings is 1. The van der Waals surface area contributed by atoms with Crippen LogP contribution in [0.5, 0.6) is 0 Å². The molecule has 0 fully saturated rings. The zero-order valence-electron chi connectivity index (χ0n) is 11.4. The fourth-order valence-corrected chi connectivity index (χ4v) is 4.26. The van der Waals surface area contributed by atoms with E-state index in [1.807, 2.05) is 0 Å². The molecule has 0 aromatic heterocycles. The first-order valence-corrected chi connectivity index (χ1v) is 7.57. The molecule has 0 N–H and O–H groups in total. The Morgan fingerprint density at radius 1 is 0.500 bits per heavy atom. The molecule has 0 unspecified atom stereocenters. The van der Waals surface area contributed by atoms with Gasteiger partial charge in [0.05, 0.1) is 0 Å². The largest absolute Gasteiger partial charge is 0.0622 e. The van der Waals surface area contributed by atoms with Crippen LogP contribution in [0.3, 0.4) is 0 Å². The van der Waals surface area contributed by atoms with Crippen LogP contribution in [0, 0.1) is 0 Å². The average Bonchev–Trinajstić information content (AvgIpc) is 2.64. The molecule has 5 rings (SSSR count).